The summed E-state index contributed by atoms with van der Waals surface area (Å²) < 4.78 is 0. The van der Waals surface area contributed by atoms with Crippen molar-refractivity contribution in [2.45, 2.75) is 52.0 Å². The number of hydrogen-bond donors (Lipinski definition) is 1. The molecule has 0 heterocycles. The molecule has 3 nitrogen and oxygen atoms in total. The van der Waals surface area contributed by atoms with Crippen LogP contribution in [0.25, 0.3) is 0 Å². The van der Waals surface area contributed by atoms with Gasteiger partial charge in [0.05, 0.1) is 0 Å². The average molecular weight is 238 g/mol. The number of nitrogens with two attached hydrogens (primary N) is 1. The van der Waals surface area contributed by atoms with Crippen LogP contribution in [0.3, 0.4) is 0 Å². The van der Waals surface area contributed by atoms with Gasteiger partial charge in [0.1, 0.15) is 0 Å². The van der Waals surface area contributed by atoms with Gasteiger partial charge in [0.2, 0.25) is 5.91 Å². The lowest BCUT2D eigenvalue weighted by molar-refractivity contribution is -0.138. The molecule has 0 aromatic rings. The van der Waals surface area contributed by atoms with Crippen LogP contribution in [-0.4, -0.2) is 29.9 Å². The van der Waals surface area contributed by atoms with Gasteiger partial charge >= 0.3 is 0 Å². The third kappa shape index (κ3) is 2.49. The van der Waals surface area contributed by atoms with Crippen molar-refractivity contribution in [2.24, 2.45) is 23.5 Å². The van der Waals surface area contributed by atoms with Crippen LogP contribution in [0.4, 0.5) is 0 Å². The second kappa shape index (κ2) is 5.38. The Morgan fingerprint density at radius 3 is 2.18 bits per heavy atom. The number of nitrogens with zero attached hydrogens (tertiary/aromatic N) is 1. The van der Waals surface area contributed by atoms with Crippen LogP contribution in [-0.2, 0) is 4.79 Å². The lowest BCUT2D eigenvalue weighted by Gasteiger charge is -2.44. The van der Waals surface area contributed by atoms with Gasteiger partial charge in [-0.15, -0.1) is 0 Å². The Labute approximate surface area is 105 Å². The van der Waals surface area contributed by atoms with Gasteiger partial charge in [-0.05, 0) is 51.4 Å². The molecule has 2 bridgehead atoms. The minimum absolute atomic E-state index is 0.255. The summed E-state index contributed by atoms with van der Waals surface area (Å²) in [4.78, 5) is 14.4. The molecule has 2 aliphatic rings. The SMILES string of the molecule is CCN(CC)C(=O)C1CC2CCCC(C1)C2N. The minimum Gasteiger partial charge on any atom is -0.343 e. The van der Waals surface area contributed by atoms with Gasteiger partial charge in [0.25, 0.3) is 0 Å². The summed E-state index contributed by atoms with van der Waals surface area (Å²) in [5.74, 6) is 1.84. The first kappa shape index (κ1) is 12.9. The van der Waals surface area contributed by atoms with Crippen LogP contribution in [0, 0.1) is 17.8 Å². The van der Waals surface area contributed by atoms with Crippen molar-refractivity contribution in [1.29, 1.82) is 0 Å². The van der Waals surface area contributed by atoms with E-state index in [1.165, 1.54) is 19.3 Å². The molecule has 3 heteroatoms. The highest BCUT2D eigenvalue weighted by atomic mass is 16.2. The van der Waals surface area contributed by atoms with Gasteiger partial charge in [0.15, 0.2) is 0 Å². The van der Waals surface area contributed by atoms with Gasteiger partial charge < -0.3 is 10.6 Å². The van der Waals surface area contributed by atoms with Crippen LogP contribution in [0.1, 0.15) is 46.0 Å². The first-order chi connectivity index (χ1) is 8.17. The second-order valence-electron chi connectivity index (χ2n) is 5.71. The zero-order chi connectivity index (χ0) is 12.4. The Bertz CT molecular complexity index is 261. The molecule has 1 amide bonds. The molecule has 2 unspecified atom stereocenters. The maximum Gasteiger partial charge on any atom is 0.225 e. The highest BCUT2D eigenvalue weighted by Gasteiger charge is 2.41. The Kier molecular flexibility index (Phi) is 4.08. The van der Waals surface area contributed by atoms with Crippen molar-refractivity contribution < 1.29 is 4.79 Å². The second-order valence-corrected chi connectivity index (χ2v) is 5.71. The highest BCUT2D eigenvalue weighted by Crippen LogP contribution is 2.42. The van der Waals surface area contributed by atoms with Crippen LogP contribution in [0.2, 0.25) is 0 Å². The number of carbonyl (C=O) groups is 1. The third-order valence-corrected chi connectivity index (χ3v) is 4.84. The molecule has 98 valence electrons. The first-order valence-electron chi connectivity index (χ1n) is 7.21. The normalized spacial score (nSPS) is 36.6. The molecule has 2 fully saturated rings. The van der Waals surface area contributed by atoms with Gasteiger partial charge in [0, 0.05) is 25.0 Å². The quantitative estimate of drug-likeness (QED) is 0.817. The molecule has 0 aromatic carbocycles. The average Bonchev–Trinajstić information content (AvgIpc) is 2.30. The molecule has 2 atom stereocenters. The van der Waals surface area contributed by atoms with Crippen LogP contribution in [0.15, 0.2) is 0 Å². The number of hydrogen-bond acceptors (Lipinski definition) is 2. The Morgan fingerprint density at radius 1 is 1.18 bits per heavy atom. The molecule has 17 heavy (non-hydrogen) atoms. The molecule has 0 saturated heterocycles. The summed E-state index contributed by atoms with van der Waals surface area (Å²) in [5, 5.41) is 0. The maximum absolute atomic E-state index is 12.4. The summed E-state index contributed by atoms with van der Waals surface area (Å²) in [6, 6.07) is 0.365. The van der Waals surface area contributed by atoms with Crippen LogP contribution >= 0.6 is 0 Å². The highest BCUT2D eigenvalue weighted by molar-refractivity contribution is 5.79. The van der Waals surface area contributed by atoms with E-state index < -0.39 is 0 Å². The first-order valence-corrected chi connectivity index (χ1v) is 7.21. The zero-order valence-electron chi connectivity index (χ0n) is 11.2. The summed E-state index contributed by atoms with van der Waals surface area (Å²) in [6.45, 7) is 5.81. The van der Waals surface area contributed by atoms with E-state index in [0.717, 1.165) is 25.9 Å². The van der Waals surface area contributed by atoms with Gasteiger partial charge in [-0.2, -0.15) is 0 Å². The predicted octanol–water partition coefficient (Wildman–Crippen LogP) is 2.01. The van der Waals surface area contributed by atoms with E-state index in [-0.39, 0.29) is 5.92 Å². The fourth-order valence-corrected chi connectivity index (χ4v) is 3.78. The summed E-state index contributed by atoms with van der Waals surface area (Å²) in [5.41, 5.74) is 6.26. The summed E-state index contributed by atoms with van der Waals surface area (Å²) in [6.07, 6.45) is 5.86. The van der Waals surface area contributed by atoms with Gasteiger partial charge in [-0.1, -0.05) is 6.42 Å². The Balaban J connectivity index is 2.01. The fourth-order valence-electron chi connectivity index (χ4n) is 3.78. The van der Waals surface area contributed by atoms with E-state index in [0.29, 0.717) is 23.8 Å². The monoisotopic (exact) mass is 238 g/mol. The molecule has 0 radical (unpaired) electrons. The van der Waals surface area contributed by atoms with E-state index >= 15 is 0 Å². The molecular formula is C14H26N2O. The molecule has 2 N–H and O–H groups in total. The van der Waals surface area contributed by atoms with Crippen molar-refractivity contribution in [3.63, 3.8) is 0 Å². The van der Waals surface area contributed by atoms with E-state index in [2.05, 4.69) is 13.8 Å². The van der Waals surface area contributed by atoms with Crippen molar-refractivity contribution >= 4 is 5.91 Å². The largest absolute Gasteiger partial charge is 0.343 e. The van der Waals surface area contributed by atoms with Crippen molar-refractivity contribution in [3.8, 4) is 0 Å². The van der Waals surface area contributed by atoms with Crippen LogP contribution < -0.4 is 5.73 Å². The standard InChI is InChI=1S/C14H26N2O/c1-3-16(4-2)14(17)12-8-10-6-5-7-11(9-12)13(10)15/h10-13H,3-9,15H2,1-2H3. The maximum atomic E-state index is 12.4. The number of rotatable bonds is 3. The van der Waals surface area contributed by atoms with E-state index in [1.54, 1.807) is 0 Å². The molecule has 0 aromatic heterocycles. The Hall–Kier alpha value is -0.570. The van der Waals surface area contributed by atoms with E-state index in [9.17, 15) is 4.79 Å². The number of carbonyl (C=O) groups excluding carboxylic acids is 1. The fraction of sp³-hybridized carbons (Fsp3) is 0.929. The number of amides is 1. The molecule has 2 rings (SSSR count). The smallest absolute Gasteiger partial charge is 0.225 e. The van der Waals surface area contributed by atoms with Crippen LogP contribution in [0.5, 0.6) is 0 Å². The lowest BCUT2D eigenvalue weighted by atomic mass is 9.65. The zero-order valence-corrected chi connectivity index (χ0v) is 11.2. The molecule has 2 aliphatic carbocycles. The molecular weight excluding hydrogens is 212 g/mol. The lowest BCUT2D eigenvalue weighted by Crippen LogP contribution is -2.49. The van der Waals surface area contributed by atoms with E-state index in [4.69, 9.17) is 5.73 Å². The molecule has 0 spiro atoms. The van der Waals surface area contributed by atoms with Crippen molar-refractivity contribution in [2.75, 3.05) is 13.1 Å². The predicted molar refractivity (Wildman–Crippen MR) is 69.5 cm³/mol. The topological polar surface area (TPSA) is 46.3 Å². The van der Waals surface area contributed by atoms with E-state index in [1.807, 2.05) is 4.90 Å². The molecule has 2 saturated carbocycles. The van der Waals surface area contributed by atoms with Gasteiger partial charge in [-0.3, -0.25) is 4.79 Å². The minimum atomic E-state index is 0.255. The summed E-state index contributed by atoms with van der Waals surface area (Å²) >= 11 is 0. The number of fused-ring (bicyclic) bond motifs is 2. The Morgan fingerprint density at radius 2 is 1.71 bits per heavy atom. The third-order valence-electron chi connectivity index (χ3n) is 4.84. The van der Waals surface area contributed by atoms with Crippen molar-refractivity contribution in [3.05, 3.63) is 0 Å². The molecule has 0 aliphatic heterocycles. The van der Waals surface area contributed by atoms with Crippen molar-refractivity contribution in [1.82, 2.24) is 4.90 Å². The van der Waals surface area contributed by atoms with Gasteiger partial charge in [-0.25, -0.2) is 0 Å². The summed E-state index contributed by atoms with van der Waals surface area (Å²) in [7, 11) is 0.